The van der Waals surface area contributed by atoms with Crippen LogP contribution in [0.4, 0.5) is 10.1 Å². The summed E-state index contributed by atoms with van der Waals surface area (Å²) in [5.41, 5.74) is 2.07. The summed E-state index contributed by atoms with van der Waals surface area (Å²) in [4.78, 5) is 27.9. The Balaban J connectivity index is 1.62. The molecule has 0 spiro atoms. The quantitative estimate of drug-likeness (QED) is 0.733. The Morgan fingerprint density at radius 2 is 1.79 bits per heavy atom. The zero-order valence-electron chi connectivity index (χ0n) is 15.4. The maximum atomic E-state index is 14.4. The molecule has 2 aliphatic heterocycles. The van der Waals surface area contributed by atoms with E-state index in [0.29, 0.717) is 24.6 Å². The normalized spacial score (nSPS) is 16.2. The number of ether oxygens (including phenoxy) is 2. The lowest BCUT2D eigenvalue weighted by atomic mass is 9.99. The second-order valence-electron chi connectivity index (χ2n) is 6.73. The van der Waals surface area contributed by atoms with Crippen LogP contribution in [0.2, 0.25) is 5.02 Å². The number of ketones is 1. The van der Waals surface area contributed by atoms with Crippen LogP contribution in [-0.4, -0.2) is 44.0 Å². The van der Waals surface area contributed by atoms with Gasteiger partial charge in [0.1, 0.15) is 5.82 Å². The molecule has 2 heterocycles. The molecule has 2 aromatic rings. The molecule has 0 aromatic heterocycles. The summed E-state index contributed by atoms with van der Waals surface area (Å²) in [7, 11) is 3.16. The van der Waals surface area contributed by atoms with E-state index in [4.69, 9.17) is 21.1 Å². The lowest BCUT2D eigenvalue weighted by molar-refractivity contribution is -0.114. The molecule has 0 N–H and O–H groups in total. The molecule has 1 amide bonds. The van der Waals surface area contributed by atoms with Crippen molar-refractivity contribution in [2.24, 2.45) is 0 Å². The third kappa shape index (κ3) is 2.91. The molecule has 0 saturated carbocycles. The smallest absolute Gasteiger partial charge is 0.300 e. The van der Waals surface area contributed by atoms with Gasteiger partial charge in [0, 0.05) is 13.1 Å². The number of Topliss-reactive ketones (excluding diaryl/α,β-unsaturated/α-hetero) is 1. The average Bonchev–Trinajstić information content (AvgIpc) is 2.95. The Kier molecular flexibility index (Phi) is 4.72. The van der Waals surface area contributed by atoms with Gasteiger partial charge in [-0.2, -0.15) is 0 Å². The number of rotatable bonds is 4. The van der Waals surface area contributed by atoms with Crippen molar-refractivity contribution in [3.05, 3.63) is 51.8 Å². The number of halogens is 2. The fourth-order valence-electron chi connectivity index (χ4n) is 3.75. The summed E-state index contributed by atoms with van der Waals surface area (Å²) in [5, 5.41) is 0.0815. The van der Waals surface area contributed by atoms with Crippen LogP contribution in [0.3, 0.4) is 0 Å². The van der Waals surface area contributed by atoms with E-state index in [-0.39, 0.29) is 22.9 Å². The van der Waals surface area contributed by atoms with Crippen LogP contribution in [0.1, 0.15) is 21.5 Å². The van der Waals surface area contributed by atoms with Crippen molar-refractivity contribution < 1.29 is 23.5 Å². The molecule has 0 aliphatic carbocycles. The largest absolute Gasteiger partial charge is 0.493 e. The highest BCUT2D eigenvalue weighted by atomic mass is 35.5. The van der Waals surface area contributed by atoms with Gasteiger partial charge in [-0.1, -0.05) is 11.6 Å². The summed E-state index contributed by atoms with van der Waals surface area (Å²) in [6.45, 7) is 1.28. The van der Waals surface area contributed by atoms with Crippen molar-refractivity contribution in [1.29, 1.82) is 0 Å². The van der Waals surface area contributed by atoms with Crippen molar-refractivity contribution in [2.75, 3.05) is 32.3 Å². The number of nitrogens with zero attached hydrogens (tertiary/aromatic N) is 2. The number of amides is 1. The van der Waals surface area contributed by atoms with Gasteiger partial charge in [0.2, 0.25) is 0 Å². The van der Waals surface area contributed by atoms with Crippen LogP contribution in [0, 0.1) is 5.82 Å². The van der Waals surface area contributed by atoms with Crippen LogP contribution in [0.5, 0.6) is 11.5 Å². The van der Waals surface area contributed by atoms with Crippen molar-refractivity contribution in [3.63, 3.8) is 0 Å². The first kappa shape index (κ1) is 18.7. The molecular weight excluding hydrogens is 387 g/mol. The molecule has 0 radical (unpaired) electrons. The van der Waals surface area contributed by atoms with Gasteiger partial charge in [-0.3, -0.25) is 19.4 Å². The van der Waals surface area contributed by atoms with Crippen LogP contribution < -0.4 is 14.4 Å². The topological polar surface area (TPSA) is 59.1 Å². The molecule has 0 unspecified atom stereocenters. The van der Waals surface area contributed by atoms with Crippen molar-refractivity contribution >= 4 is 29.0 Å². The Labute approximate surface area is 166 Å². The summed E-state index contributed by atoms with van der Waals surface area (Å²) < 4.78 is 25.1. The van der Waals surface area contributed by atoms with E-state index in [9.17, 15) is 14.0 Å². The van der Waals surface area contributed by atoms with Crippen molar-refractivity contribution in [1.82, 2.24) is 4.90 Å². The number of benzene rings is 2. The number of hydrogen-bond donors (Lipinski definition) is 0. The number of anilines is 1. The summed E-state index contributed by atoms with van der Waals surface area (Å²) in [6.07, 6.45) is 0.733. The lowest BCUT2D eigenvalue weighted by Crippen LogP contribution is -2.43. The molecule has 28 heavy (non-hydrogen) atoms. The monoisotopic (exact) mass is 404 g/mol. The predicted octanol–water partition coefficient (Wildman–Crippen LogP) is 3.04. The predicted molar refractivity (Wildman–Crippen MR) is 102 cm³/mol. The van der Waals surface area contributed by atoms with Crippen molar-refractivity contribution in [2.45, 2.75) is 13.0 Å². The molecule has 0 saturated heterocycles. The Morgan fingerprint density at radius 3 is 2.46 bits per heavy atom. The van der Waals surface area contributed by atoms with Gasteiger partial charge >= 0.3 is 5.91 Å². The second-order valence-corrected chi connectivity index (χ2v) is 7.14. The van der Waals surface area contributed by atoms with Crippen LogP contribution in [0.25, 0.3) is 0 Å². The summed E-state index contributed by atoms with van der Waals surface area (Å²) in [5.74, 6) is -0.884. The van der Waals surface area contributed by atoms with Crippen molar-refractivity contribution in [3.8, 4) is 11.5 Å². The summed E-state index contributed by atoms with van der Waals surface area (Å²) >= 11 is 6.03. The molecule has 6 nitrogen and oxygen atoms in total. The second kappa shape index (κ2) is 7.07. The van der Waals surface area contributed by atoms with Gasteiger partial charge in [0.05, 0.1) is 37.2 Å². The molecule has 0 atom stereocenters. The van der Waals surface area contributed by atoms with E-state index in [1.54, 1.807) is 14.2 Å². The number of methoxy groups -OCH3 is 2. The fraction of sp³-hybridized carbons (Fsp3) is 0.300. The molecule has 8 heteroatoms. The third-order valence-electron chi connectivity index (χ3n) is 5.15. The van der Waals surface area contributed by atoms with E-state index in [1.807, 2.05) is 17.0 Å². The van der Waals surface area contributed by atoms with Crippen LogP contribution in [0.15, 0.2) is 24.3 Å². The number of carbonyl (C=O) groups excluding carboxylic acids is 2. The Hall–Kier alpha value is -2.64. The van der Waals surface area contributed by atoms with E-state index in [0.717, 1.165) is 17.5 Å². The Bertz CT molecular complexity index is 995. The number of carbonyl (C=O) groups is 2. The fourth-order valence-corrected chi connectivity index (χ4v) is 3.99. The van der Waals surface area contributed by atoms with Gasteiger partial charge in [-0.05, 0) is 41.8 Å². The first-order valence-electron chi connectivity index (χ1n) is 8.75. The van der Waals surface area contributed by atoms with E-state index < -0.39 is 17.5 Å². The molecule has 146 valence electrons. The van der Waals surface area contributed by atoms with Gasteiger partial charge in [0.25, 0.3) is 5.78 Å². The molecular formula is C20H18ClFN2O4. The maximum Gasteiger partial charge on any atom is 0.300 e. The highest BCUT2D eigenvalue weighted by molar-refractivity contribution is 6.55. The van der Waals surface area contributed by atoms with Gasteiger partial charge in [-0.15, -0.1) is 0 Å². The van der Waals surface area contributed by atoms with Crippen LogP contribution >= 0.6 is 11.6 Å². The van der Waals surface area contributed by atoms with E-state index >= 15 is 0 Å². The average molecular weight is 405 g/mol. The zero-order chi connectivity index (χ0) is 20.0. The van der Waals surface area contributed by atoms with Gasteiger partial charge in [-0.25, -0.2) is 4.39 Å². The minimum absolute atomic E-state index is 0.0411. The highest BCUT2D eigenvalue weighted by Gasteiger charge is 2.40. The molecule has 0 bridgehead atoms. The maximum absolute atomic E-state index is 14.4. The zero-order valence-corrected chi connectivity index (χ0v) is 16.2. The van der Waals surface area contributed by atoms with E-state index in [2.05, 4.69) is 0 Å². The highest BCUT2D eigenvalue weighted by Crippen LogP contribution is 2.38. The molecule has 2 aromatic carbocycles. The minimum Gasteiger partial charge on any atom is -0.493 e. The molecule has 0 fully saturated rings. The summed E-state index contributed by atoms with van der Waals surface area (Å²) in [6, 6.07) is 6.32. The first-order valence-corrected chi connectivity index (χ1v) is 9.12. The number of fused-ring (bicyclic) bond motifs is 2. The lowest BCUT2D eigenvalue weighted by Gasteiger charge is -2.32. The third-order valence-corrected chi connectivity index (χ3v) is 5.47. The molecule has 4 rings (SSSR count). The Morgan fingerprint density at radius 1 is 1.11 bits per heavy atom. The van der Waals surface area contributed by atoms with Crippen LogP contribution in [-0.2, 0) is 17.8 Å². The first-order chi connectivity index (χ1) is 13.4. The van der Waals surface area contributed by atoms with Gasteiger partial charge < -0.3 is 9.47 Å². The number of hydrogen-bond acceptors (Lipinski definition) is 5. The standard InChI is InChI=1S/C20H18ClFN2O4/c1-27-15-7-11-5-6-23(9-12(11)8-16(15)28-2)10-24-18-14(22)4-3-13(21)17(18)19(25)20(24)26/h3-4,7-8H,5-6,9-10H2,1-2H3. The molecule has 2 aliphatic rings. The van der Waals surface area contributed by atoms with Gasteiger partial charge in [0.15, 0.2) is 11.5 Å². The van der Waals surface area contributed by atoms with E-state index in [1.165, 1.54) is 17.0 Å². The minimum atomic E-state index is -0.775. The SMILES string of the molecule is COc1cc2c(cc1OC)CN(CN1C(=O)C(=O)c3c(Cl)ccc(F)c31)CC2.